The summed E-state index contributed by atoms with van der Waals surface area (Å²) in [6, 6.07) is 15.3. The van der Waals surface area contributed by atoms with E-state index in [9.17, 15) is 0 Å². The zero-order valence-electron chi connectivity index (χ0n) is 8.97. The Morgan fingerprint density at radius 2 is 1.69 bits per heavy atom. The summed E-state index contributed by atoms with van der Waals surface area (Å²) < 4.78 is 5.10. The van der Waals surface area contributed by atoms with E-state index in [2.05, 4.69) is 5.11 Å². The molecule has 0 spiro atoms. The van der Waals surface area contributed by atoms with Crippen LogP contribution in [0.25, 0.3) is 11.1 Å². The Morgan fingerprint density at radius 1 is 1.00 bits per heavy atom. The fraction of sp³-hybridized carbons (Fsp3) is 0.0769. The number of nitrogens with one attached hydrogen (secondary N) is 1. The highest BCUT2D eigenvalue weighted by Crippen LogP contribution is 2.30. The lowest BCUT2D eigenvalue weighted by atomic mass is 10.0. The van der Waals surface area contributed by atoms with Gasteiger partial charge in [0, 0.05) is 5.56 Å². The largest absolute Gasteiger partial charge is 0.497 e. The molecule has 3 nitrogen and oxygen atoms in total. The van der Waals surface area contributed by atoms with Gasteiger partial charge in [-0.3, -0.25) is 0 Å². The number of hydrogen-bond acceptors (Lipinski definition) is 3. The molecule has 3 heteroatoms. The molecule has 0 aromatic heterocycles. The van der Waals surface area contributed by atoms with Crippen molar-refractivity contribution in [2.75, 3.05) is 7.11 Å². The van der Waals surface area contributed by atoms with E-state index in [-0.39, 0.29) is 0 Å². The van der Waals surface area contributed by atoms with Gasteiger partial charge in [-0.15, -0.1) is 0 Å². The van der Waals surface area contributed by atoms with Gasteiger partial charge < -0.3 is 4.74 Å². The fourth-order valence-corrected chi connectivity index (χ4v) is 1.59. The summed E-state index contributed by atoms with van der Waals surface area (Å²) >= 11 is 0. The van der Waals surface area contributed by atoms with E-state index in [0.717, 1.165) is 16.9 Å². The highest BCUT2D eigenvalue weighted by Gasteiger charge is 2.03. The van der Waals surface area contributed by atoms with Crippen LogP contribution in [0.15, 0.2) is 53.6 Å². The van der Waals surface area contributed by atoms with Gasteiger partial charge in [-0.05, 0) is 23.8 Å². The molecule has 0 saturated carbocycles. The van der Waals surface area contributed by atoms with Crippen LogP contribution in [0.2, 0.25) is 0 Å². The predicted molar refractivity (Wildman–Crippen MR) is 63.2 cm³/mol. The van der Waals surface area contributed by atoms with Crippen molar-refractivity contribution >= 4 is 5.69 Å². The van der Waals surface area contributed by atoms with E-state index < -0.39 is 0 Å². The molecule has 0 aliphatic carbocycles. The van der Waals surface area contributed by atoms with Gasteiger partial charge in [0.15, 0.2) is 0 Å². The zero-order valence-corrected chi connectivity index (χ0v) is 8.97. The van der Waals surface area contributed by atoms with Crippen molar-refractivity contribution in [3.8, 4) is 16.9 Å². The van der Waals surface area contributed by atoms with E-state index in [1.807, 2.05) is 48.5 Å². The summed E-state index contributed by atoms with van der Waals surface area (Å²) in [5.74, 6) is 0.823. The lowest BCUT2D eigenvalue weighted by molar-refractivity contribution is 0.415. The summed E-state index contributed by atoms with van der Waals surface area (Å²) in [7, 11) is 1.64. The zero-order chi connectivity index (χ0) is 11.4. The molecular formula is C13H12N2O. The molecule has 0 saturated heterocycles. The molecule has 0 unspecified atom stereocenters. The first-order valence-corrected chi connectivity index (χ1v) is 4.96. The Labute approximate surface area is 94.2 Å². The lowest BCUT2D eigenvalue weighted by Crippen LogP contribution is -1.82. The van der Waals surface area contributed by atoms with Gasteiger partial charge in [0.2, 0.25) is 0 Å². The van der Waals surface area contributed by atoms with Gasteiger partial charge in [-0.2, -0.15) is 5.11 Å². The number of hydrogen-bond donors (Lipinski definition) is 1. The Bertz CT molecular complexity index is 492. The maximum atomic E-state index is 7.11. The fourth-order valence-electron chi connectivity index (χ4n) is 1.59. The summed E-state index contributed by atoms with van der Waals surface area (Å²) in [4.78, 5) is 0. The molecule has 2 aromatic carbocycles. The van der Waals surface area contributed by atoms with Gasteiger partial charge >= 0.3 is 0 Å². The Kier molecular flexibility index (Phi) is 2.96. The van der Waals surface area contributed by atoms with Crippen LogP contribution in [0, 0.1) is 5.53 Å². The van der Waals surface area contributed by atoms with Crippen LogP contribution >= 0.6 is 0 Å². The lowest BCUT2D eigenvalue weighted by Gasteiger charge is -2.05. The van der Waals surface area contributed by atoms with E-state index in [4.69, 9.17) is 10.3 Å². The molecule has 0 aliphatic heterocycles. The maximum absolute atomic E-state index is 7.11. The number of para-hydroxylation sites is 1. The standard InChI is InChI=1S/C13H12N2O/c1-16-11-8-6-10(7-9-11)12-4-2-3-5-13(12)15-14/h2-9,14H,1H3. The second kappa shape index (κ2) is 4.57. The maximum Gasteiger partial charge on any atom is 0.118 e. The molecule has 0 heterocycles. The first-order chi connectivity index (χ1) is 7.85. The minimum Gasteiger partial charge on any atom is -0.497 e. The van der Waals surface area contributed by atoms with Crippen molar-refractivity contribution in [1.29, 1.82) is 5.53 Å². The molecule has 0 amide bonds. The Morgan fingerprint density at radius 3 is 2.31 bits per heavy atom. The van der Waals surface area contributed by atoms with Crippen LogP contribution in [0.1, 0.15) is 0 Å². The van der Waals surface area contributed by atoms with E-state index in [0.29, 0.717) is 5.69 Å². The number of ether oxygens (including phenoxy) is 1. The predicted octanol–water partition coefficient (Wildman–Crippen LogP) is 4.02. The molecule has 2 aromatic rings. The van der Waals surface area contributed by atoms with Crippen molar-refractivity contribution in [1.82, 2.24) is 0 Å². The number of nitrogens with zero attached hydrogens (tertiary/aromatic N) is 1. The van der Waals surface area contributed by atoms with E-state index in [1.165, 1.54) is 0 Å². The van der Waals surface area contributed by atoms with Crippen LogP contribution in [0.4, 0.5) is 5.69 Å². The normalized spacial score (nSPS) is 9.81. The van der Waals surface area contributed by atoms with Gasteiger partial charge in [0.1, 0.15) is 5.75 Å². The van der Waals surface area contributed by atoms with Crippen LogP contribution in [-0.2, 0) is 0 Å². The van der Waals surface area contributed by atoms with Crippen LogP contribution < -0.4 is 4.74 Å². The van der Waals surface area contributed by atoms with Crippen LogP contribution in [-0.4, -0.2) is 7.11 Å². The average Bonchev–Trinajstić information content (AvgIpc) is 2.39. The monoisotopic (exact) mass is 212 g/mol. The third-order valence-electron chi connectivity index (χ3n) is 2.43. The molecule has 0 bridgehead atoms. The highest BCUT2D eigenvalue weighted by molar-refractivity contribution is 5.75. The Balaban J connectivity index is 2.46. The summed E-state index contributed by atoms with van der Waals surface area (Å²) in [5.41, 5.74) is 9.78. The van der Waals surface area contributed by atoms with Crippen molar-refractivity contribution in [2.45, 2.75) is 0 Å². The van der Waals surface area contributed by atoms with Gasteiger partial charge in [0.05, 0.1) is 12.8 Å². The summed E-state index contributed by atoms with van der Waals surface area (Å²) in [6.07, 6.45) is 0. The highest BCUT2D eigenvalue weighted by atomic mass is 16.5. The molecule has 2 rings (SSSR count). The summed E-state index contributed by atoms with van der Waals surface area (Å²) in [6.45, 7) is 0. The Hall–Kier alpha value is -2.16. The average molecular weight is 212 g/mol. The minimum absolute atomic E-state index is 0.674. The molecule has 0 atom stereocenters. The van der Waals surface area contributed by atoms with Crippen molar-refractivity contribution in [3.63, 3.8) is 0 Å². The summed E-state index contributed by atoms with van der Waals surface area (Å²) in [5, 5.41) is 3.51. The number of benzene rings is 2. The second-order valence-electron chi connectivity index (χ2n) is 3.36. The third-order valence-corrected chi connectivity index (χ3v) is 2.43. The molecule has 1 N–H and O–H groups in total. The van der Waals surface area contributed by atoms with Gasteiger partial charge in [0.25, 0.3) is 0 Å². The van der Waals surface area contributed by atoms with Crippen molar-refractivity contribution in [2.24, 2.45) is 5.11 Å². The van der Waals surface area contributed by atoms with E-state index in [1.54, 1.807) is 7.11 Å². The minimum atomic E-state index is 0.674. The topological polar surface area (TPSA) is 45.4 Å². The molecule has 0 radical (unpaired) electrons. The van der Waals surface area contributed by atoms with Crippen molar-refractivity contribution < 1.29 is 4.74 Å². The second-order valence-corrected chi connectivity index (χ2v) is 3.36. The van der Waals surface area contributed by atoms with E-state index >= 15 is 0 Å². The quantitative estimate of drug-likeness (QED) is 0.767. The molecule has 0 fully saturated rings. The number of methoxy groups -OCH3 is 1. The SMILES string of the molecule is COc1ccc(-c2ccccc2N=N)cc1. The molecular weight excluding hydrogens is 200 g/mol. The smallest absolute Gasteiger partial charge is 0.118 e. The first kappa shape index (κ1) is 10.4. The van der Waals surface area contributed by atoms with Gasteiger partial charge in [-0.1, -0.05) is 30.3 Å². The van der Waals surface area contributed by atoms with Crippen molar-refractivity contribution in [3.05, 3.63) is 48.5 Å². The first-order valence-electron chi connectivity index (χ1n) is 4.96. The molecule has 0 aliphatic rings. The van der Waals surface area contributed by atoms with Crippen LogP contribution in [0.3, 0.4) is 0 Å². The molecule has 80 valence electrons. The van der Waals surface area contributed by atoms with Gasteiger partial charge in [-0.25, -0.2) is 5.53 Å². The number of rotatable bonds is 3. The van der Waals surface area contributed by atoms with Crippen LogP contribution in [0.5, 0.6) is 5.75 Å². The molecule has 16 heavy (non-hydrogen) atoms. The third kappa shape index (κ3) is 1.93.